The van der Waals surface area contributed by atoms with Gasteiger partial charge in [-0.3, -0.25) is 0 Å². The second-order valence-corrected chi connectivity index (χ2v) is 5.38. The molecule has 0 aliphatic heterocycles. The number of benzene rings is 2. The molecule has 0 saturated carbocycles. The van der Waals surface area contributed by atoms with Crippen LogP contribution in [0.15, 0.2) is 65.4 Å². The minimum atomic E-state index is -0.274. The van der Waals surface area contributed by atoms with Gasteiger partial charge < -0.3 is 10.6 Å². The predicted octanol–water partition coefficient (Wildman–Crippen LogP) is 4.87. The maximum Gasteiger partial charge on any atom is 0.135 e. The number of para-hydroxylation sites is 1. The molecule has 0 fully saturated rings. The highest BCUT2D eigenvalue weighted by molar-refractivity contribution is 9.10. The van der Waals surface area contributed by atoms with Crippen LogP contribution in [0.25, 0.3) is 0 Å². The summed E-state index contributed by atoms with van der Waals surface area (Å²) >= 11 is 3.48. The molecule has 0 spiro atoms. The summed E-state index contributed by atoms with van der Waals surface area (Å²) < 4.78 is 13.8. The quantitative estimate of drug-likeness (QED) is 0.698. The van der Waals surface area contributed by atoms with Crippen molar-refractivity contribution < 1.29 is 4.39 Å². The van der Waals surface area contributed by atoms with Crippen molar-refractivity contribution >= 4 is 38.9 Å². The Hall–Kier alpha value is -2.47. The second-order valence-electron chi connectivity index (χ2n) is 4.53. The molecule has 0 radical (unpaired) electrons. The molecule has 22 heavy (non-hydrogen) atoms. The van der Waals surface area contributed by atoms with Crippen LogP contribution >= 0.6 is 15.9 Å². The van der Waals surface area contributed by atoms with Crippen LogP contribution in [0.4, 0.5) is 27.4 Å². The Labute approximate surface area is 135 Å². The molecule has 1 heterocycles. The number of anilines is 4. The van der Waals surface area contributed by atoms with E-state index in [1.54, 1.807) is 18.2 Å². The van der Waals surface area contributed by atoms with E-state index < -0.39 is 0 Å². The molecule has 0 unspecified atom stereocenters. The van der Waals surface area contributed by atoms with Gasteiger partial charge in [-0.25, -0.2) is 14.4 Å². The van der Waals surface area contributed by atoms with E-state index in [0.29, 0.717) is 11.6 Å². The fourth-order valence-corrected chi connectivity index (χ4v) is 2.26. The number of rotatable bonds is 4. The van der Waals surface area contributed by atoms with Gasteiger partial charge in [-0.2, -0.15) is 0 Å². The SMILES string of the molecule is Fc1ccc(Nc2cc(Nc3ccccc3Br)ncn2)cc1. The summed E-state index contributed by atoms with van der Waals surface area (Å²) in [5.74, 6) is 1.01. The summed E-state index contributed by atoms with van der Waals surface area (Å²) in [6.45, 7) is 0. The molecule has 4 nitrogen and oxygen atoms in total. The third-order valence-corrected chi connectivity index (χ3v) is 3.61. The topological polar surface area (TPSA) is 49.8 Å². The molecular weight excluding hydrogens is 347 g/mol. The zero-order valence-corrected chi connectivity index (χ0v) is 13.0. The van der Waals surface area contributed by atoms with E-state index in [2.05, 4.69) is 36.5 Å². The van der Waals surface area contributed by atoms with Gasteiger partial charge in [-0.1, -0.05) is 12.1 Å². The van der Waals surface area contributed by atoms with Crippen LogP contribution in [0.1, 0.15) is 0 Å². The monoisotopic (exact) mass is 358 g/mol. The van der Waals surface area contributed by atoms with Crippen LogP contribution < -0.4 is 10.6 Å². The maximum absolute atomic E-state index is 12.9. The Morgan fingerprint density at radius 3 is 2.27 bits per heavy atom. The number of halogens is 2. The van der Waals surface area contributed by atoms with E-state index in [9.17, 15) is 4.39 Å². The molecule has 2 N–H and O–H groups in total. The molecular formula is C16H12BrFN4. The first kappa shape index (κ1) is 14.5. The average Bonchev–Trinajstić information content (AvgIpc) is 2.52. The fraction of sp³-hybridized carbons (Fsp3) is 0. The summed E-state index contributed by atoms with van der Waals surface area (Å²) in [7, 11) is 0. The van der Waals surface area contributed by atoms with Crippen LogP contribution in [0.5, 0.6) is 0 Å². The molecule has 1 aromatic heterocycles. The largest absolute Gasteiger partial charge is 0.340 e. The van der Waals surface area contributed by atoms with Crippen LogP contribution in [-0.4, -0.2) is 9.97 Å². The first-order valence-corrected chi connectivity index (χ1v) is 7.36. The Balaban J connectivity index is 1.78. The van der Waals surface area contributed by atoms with Gasteiger partial charge in [0, 0.05) is 16.2 Å². The van der Waals surface area contributed by atoms with Crippen molar-refractivity contribution in [2.75, 3.05) is 10.6 Å². The van der Waals surface area contributed by atoms with Crippen molar-refractivity contribution in [2.45, 2.75) is 0 Å². The van der Waals surface area contributed by atoms with Crippen LogP contribution in [-0.2, 0) is 0 Å². The molecule has 3 aromatic rings. The molecule has 6 heteroatoms. The molecule has 0 aliphatic carbocycles. The van der Waals surface area contributed by atoms with Gasteiger partial charge in [0.2, 0.25) is 0 Å². The maximum atomic E-state index is 12.9. The number of hydrogen-bond acceptors (Lipinski definition) is 4. The van der Waals surface area contributed by atoms with Gasteiger partial charge in [-0.15, -0.1) is 0 Å². The number of nitrogens with one attached hydrogen (secondary N) is 2. The van der Waals surface area contributed by atoms with E-state index >= 15 is 0 Å². The molecule has 0 bridgehead atoms. The van der Waals surface area contributed by atoms with Gasteiger partial charge in [0.15, 0.2) is 0 Å². The lowest BCUT2D eigenvalue weighted by atomic mass is 10.3. The number of aromatic nitrogens is 2. The molecule has 110 valence electrons. The lowest BCUT2D eigenvalue weighted by molar-refractivity contribution is 0.628. The van der Waals surface area contributed by atoms with E-state index in [-0.39, 0.29) is 5.82 Å². The van der Waals surface area contributed by atoms with Crippen LogP contribution in [0, 0.1) is 5.82 Å². The first-order chi connectivity index (χ1) is 10.7. The summed E-state index contributed by atoms with van der Waals surface area (Å²) in [6, 6.07) is 15.6. The molecule has 2 aromatic carbocycles. The van der Waals surface area contributed by atoms with Crippen LogP contribution in [0.3, 0.4) is 0 Å². The Morgan fingerprint density at radius 2 is 1.55 bits per heavy atom. The first-order valence-electron chi connectivity index (χ1n) is 6.57. The normalized spacial score (nSPS) is 10.3. The fourth-order valence-electron chi connectivity index (χ4n) is 1.88. The minimum absolute atomic E-state index is 0.274. The third kappa shape index (κ3) is 3.59. The zero-order chi connectivity index (χ0) is 15.4. The summed E-state index contributed by atoms with van der Waals surface area (Å²) in [6.07, 6.45) is 1.46. The van der Waals surface area contributed by atoms with Crippen LogP contribution in [0.2, 0.25) is 0 Å². The van der Waals surface area contributed by atoms with E-state index in [4.69, 9.17) is 0 Å². The minimum Gasteiger partial charge on any atom is -0.340 e. The van der Waals surface area contributed by atoms with Gasteiger partial charge in [0.1, 0.15) is 23.8 Å². The second kappa shape index (κ2) is 6.53. The molecule has 0 saturated heterocycles. The highest BCUT2D eigenvalue weighted by atomic mass is 79.9. The highest BCUT2D eigenvalue weighted by Gasteiger charge is 2.03. The summed E-state index contributed by atoms with van der Waals surface area (Å²) in [5.41, 5.74) is 1.67. The van der Waals surface area contributed by atoms with E-state index in [1.807, 2.05) is 24.3 Å². The van der Waals surface area contributed by atoms with Crippen molar-refractivity contribution in [3.63, 3.8) is 0 Å². The number of hydrogen-bond donors (Lipinski definition) is 2. The van der Waals surface area contributed by atoms with Crippen molar-refractivity contribution in [2.24, 2.45) is 0 Å². The Bertz CT molecular complexity index is 777. The summed E-state index contributed by atoms with van der Waals surface area (Å²) in [4.78, 5) is 8.34. The molecule has 0 amide bonds. The van der Waals surface area contributed by atoms with Gasteiger partial charge in [-0.05, 0) is 52.3 Å². The third-order valence-electron chi connectivity index (χ3n) is 2.92. The molecule has 3 rings (SSSR count). The molecule has 0 atom stereocenters. The lowest BCUT2D eigenvalue weighted by Crippen LogP contribution is -1.98. The Morgan fingerprint density at radius 1 is 0.864 bits per heavy atom. The van der Waals surface area contributed by atoms with Crippen molar-refractivity contribution in [1.82, 2.24) is 9.97 Å². The van der Waals surface area contributed by atoms with E-state index in [0.717, 1.165) is 15.8 Å². The van der Waals surface area contributed by atoms with Crippen molar-refractivity contribution in [3.8, 4) is 0 Å². The predicted molar refractivity (Wildman–Crippen MR) is 89.1 cm³/mol. The summed E-state index contributed by atoms with van der Waals surface area (Å²) in [5, 5.41) is 6.31. The standard InChI is InChI=1S/C16H12BrFN4/c17-13-3-1-2-4-14(13)22-16-9-15(19-10-20-16)21-12-7-5-11(18)6-8-12/h1-10H,(H2,19,20,21,22). The van der Waals surface area contributed by atoms with Gasteiger partial charge in [0.05, 0.1) is 5.69 Å². The van der Waals surface area contributed by atoms with Gasteiger partial charge in [0.25, 0.3) is 0 Å². The van der Waals surface area contributed by atoms with E-state index in [1.165, 1.54) is 18.5 Å². The van der Waals surface area contributed by atoms with Crippen molar-refractivity contribution in [1.29, 1.82) is 0 Å². The van der Waals surface area contributed by atoms with Gasteiger partial charge >= 0.3 is 0 Å². The highest BCUT2D eigenvalue weighted by Crippen LogP contribution is 2.25. The zero-order valence-electron chi connectivity index (χ0n) is 11.4. The average molecular weight is 359 g/mol. The lowest BCUT2D eigenvalue weighted by Gasteiger charge is -2.09. The smallest absolute Gasteiger partial charge is 0.135 e. The van der Waals surface area contributed by atoms with Crippen molar-refractivity contribution in [3.05, 3.63) is 71.2 Å². The number of nitrogens with zero attached hydrogens (tertiary/aromatic N) is 2. The molecule has 0 aliphatic rings. The Kier molecular flexibility index (Phi) is 4.29.